The van der Waals surface area contributed by atoms with Crippen LogP contribution in [0.5, 0.6) is 5.88 Å². The van der Waals surface area contributed by atoms with Crippen LogP contribution in [0.2, 0.25) is 0 Å². The lowest BCUT2D eigenvalue weighted by atomic mass is 10.2. The standard InChI is InChI=1S/C16H17N5O2/c1-23-16-12(6-4-10-18-16)15(22)17-9-5-8-14-20-19-13-7-2-3-11-21(13)14/h2-4,6-7,10-11H,5,8-9H2,1H3,(H,17,22). The topological polar surface area (TPSA) is 81.4 Å². The van der Waals surface area contributed by atoms with Gasteiger partial charge in [-0.2, -0.15) is 0 Å². The number of ether oxygens (including phenoxy) is 1. The fraction of sp³-hybridized carbons (Fsp3) is 0.250. The molecule has 0 aliphatic heterocycles. The predicted octanol–water partition coefficient (Wildman–Crippen LogP) is 1.50. The van der Waals surface area contributed by atoms with E-state index < -0.39 is 0 Å². The number of hydrogen-bond donors (Lipinski definition) is 1. The van der Waals surface area contributed by atoms with Gasteiger partial charge in [0.1, 0.15) is 11.4 Å². The van der Waals surface area contributed by atoms with Crippen LogP contribution in [0.3, 0.4) is 0 Å². The summed E-state index contributed by atoms with van der Waals surface area (Å²) < 4.78 is 7.04. The third-order valence-electron chi connectivity index (χ3n) is 3.46. The summed E-state index contributed by atoms with van der Waals surface area (Å²) in [5, 5.41) is 11.1. The number of rotatable bonds is 6. The lowest BCUT2D eigenvalue weighted by Gasteiger charge is -2.07. The van der Waals surface area contributed by atoms with Crippen LogP contribution < -0.4 is 10.1 Å². The molecular formula is C16H17N5O2. The Morgan fingerprint density at radius 3 is 3.04 bits per heavy atom. The van der Waals surface area contributed by atoms with Crippen LogP contribution in [-0.2, 0) is 6.42 Å². The Balaban J connectivity index is 1.54. The van der Waals surface area contributed by atoms with E-state index in [0.29, 0.717) is 18.0 Å². The maximum atomic E-state index is 12.1. The summed E-state index contributed by atoms with van der Waals surface area (Å²) in [4.78, 5) is 16.2. The fourth-order valence-electron chi connectivity index (χ4n) is 2.33. The Hall–Kier alpha value is -2.96. The second kappa shape index (κ2) is 6.87. The van der Waals surface area contributed by atoms with Crippen molar-refractivity contribution in [3.05, 3.63) is 54.1 Å². The van der Waals surface area contributed by atoms with Gasteiger partial charge >= 0.3 is 0 Å². The number of aryl methyl sites for hydroxylation is 1. The van der Waals surface area contributed by atoms with Crippen molar-refractivity contribution in [1.29, 1.82) is 0 Å². The van der Waals surface area contributed by atoms with Gasteiger partial charge in [-0.1, -0.05) is 6.07 Å². The zero-order valence-electron chi connectivity index (χ0n) is 12.8. The van der Waals surface area contributed by atoms with Gasteiger partial charge in [0, 0.05) is 25.4 Å². The number of carbonyl (C=O) groups excluding carboxylic acids is 1. The summed E-state index contributed by atoms with van der Waals surface area (Å²) in [6, 6.07) is 9.17. The molecule has 1 amide bonds. The summed E-state index contributed by atoms with van der Waals surface area (Å²) >= 11 is 0. The molecule has 3 heterocycles. The van der Waals surface area contributed by atoms with E-state index in [9.17, 15) is 4.79 Å². The highest BCUT2D eigenvalue weighted by Crippen LogP contribution is 2.13. The number of nitrogens with one attached hydrogen (secondary N) is 1. The Morgan fingerprint density at radius 2 is 2.17 bits per heavy atom. The van der Waals surface area contributed by atoms with E-state index in [1.807, 2.05) is 28.8 Å². The van der Waals surface area contributed by atoms with Crippen molar-refractivity contribution in [2.45, 2.75) is 12.8 Å². The maximum Gasteiger partial charge on any atom is 0.256 e. The summed E-state index contributed by atoms with van der Waals surface area (Å²) in [6.45, 7) is 0.540. The number of aromatic nitrogens is 4. The smallest absolute Gasteiger partial charge is 0.256 e. The highest BCUT2D eigenvalue weighted by Gasteiger charge is 2.12. The van der Waals surface area contributed by atoms with Crippen molar-refractivity contribution >= 4 is 11.6 Å². The molecule has 0 fully saturated rings. The zero-order chi connectivity index (χ0) is 16.1. The molecule has 3 rings (SSSR count). The molecule has 0 aliphatic carbocycles. The molecule has 0 unspecified atom stereocenters. The first-order valence-electron chi connectivity index (χ1n) is 7.35. The third kappa shape index (κ3) is 3.28. The molecule has 0 bridgehead atoms. The summed E-state index contributed by atoms with van der Waals surface area (Å²) in [5.74, 6) is 1.02. The van der Waals surface area contributed by atoms with E-state index in [1.54, 1.807) is 18.3 Å². The van der Waals surface area contributed by atoms with Crippen LogP contribution in [0.4, 0.5) is 0 Å². The molecule has 3 aromatic heterocycles. The zero-order valence-corrected chi connectivity index (χ0v) is 12.8. The van der Waals surface area contributed by atoms with E-state index in [1.165, 1.54) is 7.11 Å². The van der Waals surface area contributed by atoms with Gasteiger partial charge in [0.25, 0.3) is 5.91 Å². The first kappa shape index (κ1) is 15.0. The second-order valence-corrected chi connectivity index (χ2v) is 4.96. The number of nitrogens with zero attached hydrogens (tertiary/aromatic N) is 4. The van der Waals surface area contributed by atoms with E-state index >= 15 is 0 Å². The SMILES string of the molecule is COc1ncccc1C(=O)NCCCc1nnc2ccccn12. The van der Waals surface area contributed by atoms with Gasteiger partial charge in [-0.3, -0.25) is 9.20 Å². The minimum atomic E-state index is -0.193. The van der Waals surface area contributed by atoms with E-state index in [4.69, 9.17) is 4.74 Å². The molecular weight excluding hydrogens is 294 g/mol. The maximum absolute atomic E-state index is 12.1. The number of pyridine rings is 2. The average molecular weight is 311 g/mol. The van der Waals surface area contributed by atoms with Crippen LogP contribution in [0.1, 0.15) is 22.6 Å². The van der Waals surface area contributed by atoms with Crippen LogP contribution in [0.15, 0.2) is 42.7 Å². The van der Waals surface area contributed by atoms with Crippen LogP contribution >= 0.6 is 0 Å². The molecule has 1 N–H and O–H groups in total. The van der Waals surface area contributed by atoms with Crippen molar-refractivity contribution in [3.8, 4) is 5.88 Å². The largest absolute Gasteiger partial charge is 0.480 e. The highest BCUT2D eigenvalue weighted by molar-refractivity contribution is 5.96. The van der Waals surface area contributed by atoms with Gasteiger partial charge in [-0.05, 0) is 30.7 Å². The monoisotopic (exact) mass is 311 g/mol. The Labute approximate surface area is 133 Å². The predicted molar refractivity (Wildman–Crippen MR) is 84.4 cm³/mol. The number of hydrogen-bond acceptors (Lipinski definition) is 5. The van der Waals surface area contributed by atoms with E-state index in [2.05, 4.69) is 20.5 Å². The molecule has 0 radical (unpaired) electrons. The Morgan fingerprint density at radius 1 is 1.26 bits per heavy atom. The molecule has 0 atom stereocenters. The molecule has 7 heteroatoms. The number of fused-ring (bicyclic) bond motifs is 1. The average Bonchev–Trinajstić information content (AvgIpc) is 3.01. The highest BCUT2D eigenvalue weighted by atomic mass is 16.5. The second-order valence-electron chi connectivity index (χ2n) is 4.96. The fourth-order valence-corrected chi connectivity index (χ4v) is 2.33. The van der Waals surface area contributed by atoms with Crippen molar-refractivity contribution in [1.82, 2.24) is 24.9 Å². The first-order chi connectivity index (χ1) is 11.3. The Kier molecular flexibility index (Phi) is 4.46. The lowest BCUT2D eigenvalue weighted by molar-refractivity contribution is 0.0949. The van der Waals surface area contributed by atoms with Gasteiger partial charge in [-0.15, -0.1) is 10.2 Å². The Bertz CT molecular complexity index is 815. The molecule has 0 saturated heterocycles. The van der Waals surface area contributed by atoms with Crippen molar-refractivity contribution in [2.75, 3.05) is 13.7 Å². The minimum Gasteiger partial charge on any atom is -0.480 e. The van der Waals surface area contributed by atoms with Crippen molar-refractivity contribution < 1.29 is 9.53 Å². The molecule has 118 valence electrons. The third-order valence-corrected chi connectivity index (χ3v) is 3.46. The van der Waals surface area contributed by atoms with Crippen LogP contribution in [0, 0.1) is 0 Å². The van der Waals surface area contributed by atoms with E-state index in [-0.39, 0.29) is 5.91 Å². The molecule has 0 aromatic carbocycles. The minimum absolute atomic E-state index is 0.193. The summed E-state index contributed by atoms with van der Waals surface area (Å²) in [6.07, 6.45) is 5.02. The molecule has 0 spiro atoms. The number of methoxy groups -OCH3 is 1. The summed E-state index contributed by atoms with van der Waals surface area (Å²) in [7, 11) is 1.50. The van der Waals surface area contributed by atoms with Crippen molar-refractivity contribution in [3.63, 3.8) is 0 Å². The normalized spacial score (nSPS) is 10.7. The molecule has 0 saturated carbocycles. The van der Waals surface area contributed by atoms with Gasteiger partial charge in [-0.25, -0.2) is 4.98 Å². The van der Waals surface area contributed by atoms with Crippen LogP contribution in [-0.4, -0.2) is 39.1 Å². The van der Waals surface area contributed by atoms with Crippen LogP contribution in [0.25, 0.3) is 5.65 Å². The quantitative estimate of drug-likeness (QED) is 0.698. The van der Waals surface area contributed by atoms with Crippen molar-refractivity contribution in [2.24, 2.45) is 0 Å². The molecule has 3 aromatic rings. The lowest BCUT2D eigenvalue weighted by Crippen LogP contribution is -2.25. The molecule has 7 nitrogen and oxygen atoms in total. The number of carbonyl (C=O) groups is 1. The van der Waals surface area contributed by atoms with Gasteiger partial charge in [0.05, 0.1) is 7.11 Å². The van der Waals surface area contributed by atoms with Gasteiger partial charge in [0.15, 0.2) is 5.65 Å². The van der Waals surface area contributed by atoms with Gasteiger partial charge in [0.2, 0.25) is 5.88 Å². The molecule has 23 heavy (non-hydrogen) atoms. The molecule has 0 aliphatic rings. The van der Waals surface area contributed by atoms with Gasteiger partial charge < -0.3 is 10.1 Å². The number of amides is 1. The van der Waals surface area contributed by atoms with E-state index in [0.717, 1.165) is 24.3 Å². The first-order valence-corrected chi connectivity index (χ1v) is 7.35. The summed E-state index contributed by atoms with van der Waals surface area (Å²) in [5.41, 5.74) is 1.26.